The standard InChI is InChI=1S/C15H19N3O2S/c19-13(10-11-6-4-5-7-11)16-15(21)18-17-14(20)12-8-2-1-3-9-12/h1-3,8-9,11H,4-7,10H2,(H,17,20)(H2,16,18,19,21). The fourth-order valence-electron chi connectivity index (χ4n) is 2.46. The average Bonchev–Trinajstić information content (AvgIpc) is 2.98. The maximum atomic E-state index is 11.8. The third-order valence-electron chi connectivity index (χ3n) is 3.53. The second kappa shape index (κ2) is 7.73. The topological polar surface area (TPSA) is 70.2 Å². The Morgan fingerprint density at radius 3 is 2.43 bits per heavy atom. The molecule has 0 spiro atoms. The highest BCUT2D eigenvalue weighted by Gasteiger charge is 2.18. The van der Waals surface area contributed by atoms with E-state index in [0.29, 0.717) is 17.9 Å². The van der Waals surface area contributed by atoms with E-state index < -0.39 is 0 Å². The molecule has 0 radical (unpaired) electrons. The molecule has 5 nitrogen and oxygen atoms in total. The molecule has 1 aromatic rings. The molecule has 2 rings (SSSR count). The lowest BCUT2D eigenvalue weighted by Gasteiger charge is -2.12. The summed E-state index contributed by atoms with van der Waals surface area (Å²) in [5.74, 6) is 0.0584. The minimum Gasteiger partial charge on any atom is -0.302 e. The molecular formula is C15H19N3O2S. The highest BCUT2D eigenvalue weighted by atomic mass is 32.1. The van der Waals surface area contributed by atoms with Crippen LogP contribution >= 0.6 is 12.2 Å². The number of thiocarbonyl (C=S) groups is 1. The minimum absolute atomic E-state index is 0.103. The predicted octanol–water partition coefficient (Wildman–Crippen LogP) is 1.90. The number of hydrogen-bond acceptors (Lipinski definition) is 3. The number of carbonyl (C=O) groups is 2. The summed E-state index contributed by atoms with van der Waals surface area (Å²) in [7, 11) is 0. The molecule has 0 aromatic heterocycles. The van der Waals surface area contributed by atoms with E-state index in [0.717, 1.165) is 12.8 Å². The first-order valence-electron chi connectivity index (χ1n) is 7.10. The Morgan fingerprint density at radius 1 is 1.10 bits per heavy atom. The highest BCUT2D eigenvalue weighted by Crippen LogP contribution is 2.27. The number of nitrogens with one attached hydrogen (secondary N) is 3. The quantitative estimate of drug-likeness (QED) is 0.589. The van der Waals surface area contributed by atoms with Crippen molar-refractivity contribution in [2.75, 3.05) is 0 Å². The van der Waals surface area contributed by atoms with Crippen molar-refractivity contribution in [3.63, 3.8) is 0 Å². The van der Waals surface area contributed by atoms with Gasteiger partial charge < -0.3 is 5.32 Å². The Kier molecular flexibility index (Phi) is 5.68. The molecule has 112 valence electrons. The maximum absolute atomic E-state index is 11.8. The van der Waals surface area contributed by atoms with Crippen molar-refractivity contribution >= 4 is 29.1 Å². The Morgan fingerprint density at radius 2 is 1.76 bits per heavy atom. The Bertz CT molecular complexity index is 513. The van der Waals surface area contributed by atoms with Gasteiger partial charge in [0, 0.05) is 12.0 Å². The van der Waals surface area contributed by atoms with Crippen LogP contribution in [0, 0.1) is 5.92 Å². The van der Waals surface area contributed by atoms with Gasteiger partial charge in [-0.15, -0.1) is 0 Å². The number of hydrogen-bond donors (Lipinski definition) is 3. The SMILES string of the molecule is O=C(CC1CCCC1)NC(=S)NNC(=O)c1ccccc1. The van der Waals surface area contributed by atoms with Gasteiger partial charge in [-0.3, -0.25) is 20.4 Å². The number of amides is 2. The first-order valence-corrected chi connectivity index (χ1v) is 7.51. The lowest BCUT2D eigenvalue weighted by atomic mass is 10.0. The van der Waals surface area contributed by atoms with E-state index in [1.807, 2.05) is 6.07 Å². The van der Waals surface area contributed by atoms with Crippen molar-refractivity contribution in [3.8, 4) is 0 Å². The molecular weight excluding hydrogens is 286 g/mol. The molecule has 6 heteroatoms. The third kappa shape index (κ3) is 5.15. The van der Waals surface area contributed by atoms with Gasteiger partial charge in [0.25, 0.3) is 5.91 Å². The zero-order valence-electron chi connectivity index (χ0n) is 11.7. The first-order chi connectivity index (χ1) is 10.1. The van der Waals surface area contributed by atoms with Crippen LogP contribution in [0.15, 0.2) is 30.3 Å². The van der Waals surface area contributed by atoms with Crippen LogP contribution in [-0.2, 0) is 4.79 Å². The molecule has 1 aliphatic carbocycles. The summed E-state index contributed by atoms with van der Waals surface area (Å²) in [6.45, 7) is 0. The first kappa shape index (κ1) is 15.4. The van der Waals surface area contributed by atoms with Gasteiger partial charge in [-0.1, -0.05) is 31.0 Å². The monoisotopic (exact) mass is 305 g/mol. The van der Waals surface area contributed by atoms with E-state index in [2.05, 4.69) is 16.2 Å². The van der Waals surface area contributed by atoms with Crippen LogP contribution in [0.3, 0.4) is 0 Å². The van der Waals surface area contributed by atoms with Crippen LogP contribution in [0.25, 0.3) is 0 Å². The van der Waals surface area contributed by atoms with Gasteiger partial charge in [0.05, 0.1) is 0 Å². The van der Waals surface area contributed by atoms with Gasteiger partial charge in [-0.25, -0.2) is 0 Å². The largest absolute Gasteiger partial charge is 0.302 e. The molecule has 21 heavy (non-hydrogen) atoms. The summed E-state index contributed by atoms with van der Waals surface area (Å²) in [4.78, 5) is 23.5. The van der Waals surface area contributed by atoms with E-state index in [9.17, 15) is 9.59 Å². The number of carbonyl (C=O) groups excluding carboxylic acids is 2. The van der Waals surface area contributed by atoms with Gasteiger partial charge in [0.15, 0.2) is 5.11 Å². The molecule has 1 saturated carbocycles. The smallest absolute Gasteiger partial charge is 0.269 e. The molecule has 0 atom stereocenters. The van der Waals surface area contributed by atoms with E-state index in [-0.39, 0.29) is 16.9 Å². The average molecular weight is 305 g/mol. The molecule has 0 saturated heterocycles. The van der Waals surface area contributed by atoms with Crippen molar-refractivity contribution in [1.29, 1.82) is 0 Å². The lowest BCUT2D eigenvalue weighted by Crippen LogP contribution is -2.48. The summed E-state index contributed by atoms with van der Waals surface area (Å²) in [5, 5.41) is 2.69. The molecule has 1 aliphatic rings. The minimum atomic E-state index is -0.303. The summed E-state index contributed by atoms with van der Waals surface area (Å²) < 4.78 is 0. The van der Waals surface area contributed by atoms with Crippen molar-refractivity contribution in [1.82, 2.24) is 16.2 Å². The summed E-state index contributed by atoms with van der Waals surface area (Å²) >= 11 is 4.98. The molecule has 0 heterocycles. The molecule has 3 N–H and O–H groups in total. The van der Waals surface area contributed by atoms with E-state index >= 15 is 0 Å². The highest BCUT2D eigenvalue weighted by molar-refractivity contribution is 7.80. The van der Waals surface area contributed by atoms with E-state index in [1.165, 1.54) is 12.8 Å². The summed E-state index contributed by atoms with van der Waals surface area (Å²) in [6.07, 6.45) is 5.12. The molecule has 2 amide bonds. The van der Waals surface area contributed by atoms with Gasteiger partial charge >= 0.3 is 0 Å². The summed E-state index contributed by atoms with van der Waals surface area (Å²) in [6, 6.07) is 8.77. The molecule has 1 aromatic carbocycles. The van der Waals surface area contributed by atoms with Crippen LogP contribution in [0.2, 0.25) is 0 Å². The lowest BCUT2D eigenvalue weighted by molar-refractivity contribution is -0.120. The van der Waals surface area contributed by atoms with Crippen LogP contribution in [-0.4, -0.2) is 16.9 Å². The Balaban J connectivity index is 1.69. The maximum Gasteiger partial charge on any atom is 0.269 e. The zero-order valence-corrected chi connectivity index (χ0v) is 12.5. The van der Waals surface area contributed by atoms with Crippen LogP contribution in [0.4, 0.5) is 0 Å². The third-order valence-corrected chi connectivity index (χ3v) is 3.73. The van der Waals surface area contributed by atoms with Crippen LogP contribution in [0.1, 0.15) is 42.5 Å². The zero-order chi connectivity index (χ0) is 15.1. The number of hydrazine groups is 1. The van der Waals surface area contributed by atoms with E-state index in [4.69, 9.17) is 12.2 Å². The van der Waals surface area contributed by atoms with Gasteiger partial charge in [-0.2, -0.15) is 0 Å². The number of rotatable bonds is 3. The van der Waals surface area contributed by atoms with Gasteiger partial charge in [0.1, 0.15) is 0 Å². The number of benzene rings is 1. The van der Waals surface area contributed by atoms with E-state index in [1.54, 1.807) is 24.3 Å². The molecule has 0 bridgehead atoms. The Labute approximate surface area is 129 Å². The fraction of sp³-hybridized carbons (Fsp3) is 0.400. The van der Waals surface area contributed by atoms with Crippen LogP contribution in [0.5, 0.6) is 0 Å². The Hall–Kier alpha value is -1.95. The molecule has 0 unspecified atom stereocenters. The van der Waals surface area contributed by atoms with Crippen molar-refractivity contribution < 1.29 is 9.59 Å². The second-order valence-electron chi connectivity index (χ2n) is 5.18. The van der Waals surface area contributed by atoms with Gasteiger partial charge in [-0.05, 0) is 43.1 Å². The molecule has 1 fully saturated rings. The van der Waals surface area contributed by atoms with Gasteiger partial charge in [0.2, 0.25) is 5.91 Å². The van der Waals surface area contributed by atoms with Crippen molar-refractivity contribution in [2.24, 2.45) is 5.92 Å². The molecule has 0 aliphatic heterocycles. The van der Waals surface area contributed by atoms with Crippen LogP contribution < -0.4 is 16.2 Å². The van der Waals surface area contributed by atoms with Crippen molar-refractivity contribution in [2.45, 2.75) is 32.1 Å². The predicted molar refractivity (Wildman–Crippen MR) is 84.4 cm³/mol. The summed E-state index contributed by atoms with van der Waals surface area (Å²) in [5.41, 5.74) is 5.51. The normalized spacial score (nSPS) is 14.5. The fourth-order valence-corrected chi connectivity index (χ4v) is 2.63. The second-order valence-corrected chi connectivity index (χ2v) is 5.59. The van der Waals surface area contributed by atoms with Crippen molar-refractivity contribution in [3.05, 3.63) is 35.9 Å².